The highest BCUT2D eigenvalue weighted by Gasteiger charge is 2.18. The van der Waals surface area contributed by atoms with E-state index in [0.29, 0.717) is 18.9 Å². The number of nitrogens with zero attached hydrogens (tertiary/aromatic N) is 1. The lowest BCUT2D eigenvalue weighted by Gasteiger charge is -2.24. The summed E-state index contributed by atoms with van der Waals surface area (Å²) >= 11 is 0. The number of benzene rings is 1. The van der Waals surface area contributed by atoms with E-state index in [0.717, 1.165) is 0 Å². The van der Waals surface area contributed by atoms with Gasteiger partial charge in [0.1, 0.15) is 0 Å². The molecule has 0 aromatic heterocycles. The number of amides is 2. The Morgan fingerprint density at radius 2 is 2.00 bits per heavy atom. The summed E-state index contributed by atoms with van der Waals surface area (Å²) < 4.78 is 5.25. The molecule has 0 saturated carbocycles. The van der Waals surface area contributed by atoms with Crippen molar-refractivity contribution in [2.24, 2.45) is 0 Å². The third-order valence-corrected chi connectivity index (χ3v) is 2.80. The van der Waals surface area contributed by atoms with Crippen LogP contribution in [0.5, 0.6) is 0 Å². The first-order valence-corrected chi connectivity index (χ1v) is 6.97. The van der Waals surface area contributed by atoms with E-state index in [1.54, 1.807) is 24.3 Å². The molecule has 0 heterocycles. The lowest BCUT2D eigenvalue weighted by Crippen LogP contribution is -2.46. The van der Waals surface area contributed by atoms with E-state index < -0.39 is 5.97 Å². The van der Waals surface area contributed by atoms with Crippen molar-refractivity contribution in [3.8, 4) is 0 Å². The molecule has 1 atom stereocenters. The Morgan fingerprint density at radius 1 is 1.33 bits per heavy atom. The molecule has 0 aliphatic heterocycles. The number of rotatable bonds is 8. The fourth-order valence-electron chi connectivity index (χ4n) is 1.79. The van der Waals surface area contributed by atoms with Crippen LogP contribution in [0, 0.1) is 0 Å². The van der Waals surface area contributed by atoms with Crippen molar-refractivity contribution < 1.29 is 19.4 Å². The van der Waals surface area contributed by atoms with Gasteiger partial charge in [-0.3, -0.25) is 9.69 Å². The first kappa shape index (κ1) is 17.0. The second-order valence-electron chi connectivity index (χ2n) is 4.64. The van der Waals surface area contributed by atoms with Crippen LogP contribution >= 0.6 is 0 Å². The number of carbonyl (C=O) groups is 2. The molecule has 0 fully saturated rings. The number of urea groups is 1. The molecule has 0 aliphatic rings. The largest absolute Gasteiger partial charge is 0.481 e. The number of carboxylic acids is 1. The SMILES string of the molecule is CCOCC(C)NC(=O)N(CCC(=O)O)c1ccccc1. The number of anilines is 1. The summed E-state index contributed by atoms with van der Waals surface area (Å²) in [5, 5.41) is 11.6. The van der Waals surface area contributed by atoms with Crippen molar-refractivity contribution in [1.82, 2.24) is 5.32 Å². The monoisotopic (exact) mass is 294 g/mol. The minimum atomic E-state index is -0.939. The molecule has 1 rings (SSSR count). The molecular weight excluding hydrogens is 272 g/mol. The van der Waals surface area contributed by atoms with Gasteiger partial charge in [-0.1, -0.05) is 18.2 Å². The van der Waals surface area contributed by atoms with E-state index in [4.69, 9.17) is 9.84 Å². The smallest absolute Gasteiger partial charge is 0.322 e. The van der Waals surface area contributed by atoms with Gasteiger partial charge in [-0.25, -0.2) is 4.79 Å². The maximum atomic E-state index is 12.3. The molecule has 21 heavy (non-hydrogen) atoms. The molecule has 0 radical (unpaired) electrons. The van der Waals surface area contributed by atoms with Crippen molar-refractivity contribution in [3.05, 3.63) is 30.3 Å². The number of para-hydroxylation sites is 1. The van der Waals surface area contributed by atoms with Crippen LogP contribution in [-0.2, 0) is 9.53 Å². The second-order valence-corrected chi connectivity index (χ2v) is 4.64. The summed E-state index contributed by atoms with van der Waals surface area (Å²) in [6, 6.07) is 8.53. The topological polar surface area (TPSA) is 78.9 Å². The zero-order chi connectivity index (χ0) is 15.7. The summed E-state index contributed by atoms with van der Waals surface area (Å²) in [5.41, 5.74) is 0.667. The van der Waals surface area contributed by atoms with Crippen LogP contribution < -0.4 is 10.2 Å². The van der Waals surface area contributed by atoms with Crippen LogP contribution in [0.25, 0.3) is 0 Å². The molecule has 2 N–H and O–H groups in total. The molecule has 1 aromatic carbocycles. The molecule has 0 aliphatic carbocycles. The molecule has 1 aromatic rings. The summed E-state index contributed by atoms with van der Waals surface area (Å²) in [5.74, 6) is -0.939. The summed E-state index contributed by atoms with van der Waals surface area (Å²) in [7, 11) is 0. The molecule has 116 valence electrons. The molecular formula is C15H22N2O4. The maximum absolute atomic E-state index is 12.3. The second kappa shape index (κ2) is 8.97. The number of hydrogen-bond acceptors (Lipinski definition) is 3. The van der Waals surface area contributed by atoms with Gasteiger partial charge in [0.25, 0.3) is 0 Å². The summed E-state index contributed by atoms with van der Waals surface area (Å²) in [4.78, 5) is 24.5. The normalized spacial score (nSPS) is 11.7. The Morgan fingerprint density at radius 3 is 2.57 bits per heavy atom. The van der Waals surface area contributed by atoms with Crippen LogP contribution in [0.15, 0.2) is 30.3 Å². The van der Waals surface area contributed by atoms with E-state index in [1.807, 2.05) is 19.9 Å². The predicted molar refractivity (Wildman–Crippen MR) is 80.5 cm³/mol. The molecule has 0 spiro atoms. The van der Waals surface area contributed by atoms with Gasteiger partial charge < -0.3 is 15.2 Å². The molecule has 6 nitrogen and oxygen atoms in total. The highest BCUT2D eigenvalue weighted by atomic mass is 16.5. The highest BCUT2D eigenvalue weighted by molar-refractivity contribution is 5.92. The van der Waals surface area contributed by atoms with Crippen molar-refractivity contribution >= 4 is 17.7 Å². The lowest BCUT2D eigenvalue weighted by atomic mass is 10.2. The van der Waals surface area contributed by atoms with Crippen LogP contribution in [0.2, 0.25) is 0 Å². The molecule has 2 amide bonds. The average molecular weight is 294 g/mol. The first-order chi connectivity index (χ1) is 10.0. The van der Waals surface area contributed by atoms with Gasteiger partial charge >= 0.3 is 12.0 Å². The zero-order valence-corrected chi connectivity index (χ0v) is 12.4. The minimum absolute atomic E-state index is 0.109. The van der Waals surface area contributed by atoms with Crippen LogP contribution in [0.3, 0.4) is 0 Å². The minimum Gasteiger partial charge on any atom is -0.481 e. The Bertz CT molecular complexity index is 450. The van der Waals surface area contributed by atoms with Crippen LogP contribution in [0.4, 0.5) is 10.5 Å². The summed E-state index contributed by atoms with van der Waals surface area (Å²) in [6.07, 6.45) is -0.109. The van der Waals surface area contributed by atoms with Crippen molar-refractivity contribution in [3.63, 3.8) is 0 Å². The maximum Gasteiger partial charge on any atom is 0.322 e. The van der Waals surface area contributed by atoms with E-state index >= 15 is 0 Å². The van der Waals surface area contributed by atoms with Gasteiger partial charge in [-0.2, -0.15) is 0 Å². The fourth-order valence-corrected chi connectivity index (χ4v) is 1.79. The third-order valence-electron chi connectivity index (χ3n) is 2.80. The highest BCUT2D eigenvalue weighted by Crippen LogP contribution is 2.14. The Kier molecular flexibility index (Phi) is 7.25. The van der Waals surface area contributed by atoms with Crippen LogP contribution in [-0.4, -0.2) is 42.9 Å². The molecule has 6 heteroatoms. The number of ether oxygens (including phenoxy) is 1. The number of hydrogen-bond donors (Lipinski definition) is 2. The molecule has 1 unspecified atom stereocenters. The fraction of sp³-hybridized carbons (Fsp3) is 0.467. The quantitative estimate of drug-likeness (QED) is 0.769. The standard InChI is InChI=1S/C15H22N2O4/c1-3-21-11-12(2)16-15(20)17(10-9-14(18)19)13-7-5-4-6-8-13/h4-8,12H,3,9-11H2,1-2H3,(H,16,20)(H,18,19). The van der Waals surface area contributed by atoms with Crippen molar-refractivity contribution in [2.45, 2.75) is 26.3 Å². The van der Waals surface area contributed by atoms with Gasteiger partial charge in [0.2, 0.25) is 0 Å². The van der Waals surface area contributed by atoms with E-state index in [2.05, 4.69) is 5.32 Å². The molecule has 0 bridgehead atoms. The Balaban J connectivity index is 2.71. The van der Waals surface area contributed by atoms with Gasteiger partial charge in [0.05, 0.1) is 19.1 Å². The zero-order valence-electron chi connectivity index (χ0n) is 12.4. The lowest BCUT2D eigenvalue weighted by molar-refractivity contribution is -0.136. The van der Waals surface area contributed by atoms with Gasteiger partial charge in [-0.15, -0.1) is 0 Å². The van der Waals surface area contributed by atoms with Gasteiger partial charge in [0, 0.05) is 18.8 Å². The number of carboxylic acid groups (broad SMARTS) is 1. The Labute approximate surface area is 124 Å². The average Bonchev–Trinajstić information content (AvgIpc) is 2.46. The van der Waals surface area contributed by atoms with E-state index in [-0.39, 0.29) is 25.0 Å². The number of aliphatic carboxylic acids is 1. The van der Waals surface area contributed by atoms with Crippen LogP contribution in [0.1, 0.15) is 20.3 Å². The molecule has 0 saturated heterocycles. The third kappa shape index (κ3) is 6.27. The van der Waals surface area contributed by atoms with Gasteiger partial charge in [0.15, 0.2) is 0 Å². The predicted octanol–water partition coefficient (Wildman–Crippen LogP) is 2.10. The van der Waals surface area contributed by atoms with Crippen molar-refractivity contribution in [2.75, 3.05) is 24.7 Å². The van der Waals surface area contributed by atoms with E-state index in [9.17, 15) is 9.59 Å². The Hall–Kier alpha value is -2.08. The number of nitrogens with one attached hydrogen (secondary N) is 1. The van der Waals surface area contributed by atoms with Crippen molar-refractivity contribution in [1.29, 1.82) is 0 Å². The number of carbonyl (C=O) groups excluding carboxylic acids is 1. The first-order valence-electron chi connectivity index (χ1n) is 6.97. The van der Waals surface area contributed by atoms with E-state index in [1.165, 1.54) is 4.90 Å². The van der Waals surface area contributed by atoms with Gasteiger partial charge in [-0.05, 0) is 26.0 Å². The summed E-state index contributed by atoms with van der Waals surface area (Å²) in [6.45, 7) is 4.85.